The van der Waals surface area contributed by atoms with Crippen molar-refractivity contribution in [2.24, 2.45) is 0 Å². The average molecular weight is 257 g/mol. The van der Waals surface area contributed by atoms with Crippen LogP contribution in [-0.2, 0) is 0 Å². The normalized spacial score (nSPS) is 9.37. The van der Waals surface area contributed by atoms with Gasteiger partial charge in [0, 0.05) is 18.8 Å². The van der Waals surface area contributed by atoms with Crippen LogP contribution in [-0.4, -0.2) is 13.1 Å². The van der Waals surface area contributed by atoms with E-state index in [1.807, 2.05) is 18.2 Å². The number of anilines is 3. The van der Waals surface area contributed by atoms with Gasteiger partial charge in [-0.15, -0.1) is 0 Å². The van der Waals surface area contributed by atoms with Gasteiger partial charge in [-0.3, -0.25) is 0 Å². The van der Waals surface area contributed by atoms with Crippen LogP contribution in [0.5, 0.6) is 0 Å². The predicted octanol–water partition coefficient (Wildman–Crippen LogP) is 3.38. The second-order valence-corrected chi connectivity index (χ2v) is 4.14. The summed E-state index contributed by atoms with van der Waals surface area (Å²) in [6.07, 6.45) is 0. The van der Waals surface area contributed by atoms with E-state index < -0.39 is 0 Å². The van der Waals surface area contributed by atoms with Crippen LogP contribution in [0.2, 0.25) is 0 Å². The fourth-order valence-corrected chi connectivity index (χ4v) is 1.74. The van der Waals surface area contributed by atoms with Gasteiger partial charge in [0.2, 0.25) is 0 Å². The van der Waals surface area contributed by atoms with Crippen molar-refractivity contribution in [3.8, 4) is 0 Å². The van der Waals surface area contributed by atoms with Gasteiger partial charge in [0.1, 0.15) is 0 Å². The molecule has 0 saturated heterocycles. The highest BCUT2D eigenvalue weighted by Crippen LogP contribution is 2.11. The molecule has 0 aliphatic heterocycles. The lowest BCUT2D eigenvalue weighted by Crippen LogP contribution is -2.21. The van der Waals surface area contributed by atoms with Gasteiger partial charge in [-0.05, 0) is 38.1 Å². The van der Waals surface area contributed by atoms with Crippen LogP contribution < -0.4 is 16.4 Å². The highest BCUT2D eigenvalue weighted by molar-refractivity contribution is 5.62. The molecule has 0 aliphatic carbocycles. The molecule has 0 amide bonds. The van der Waals surface area contributed by atoms with Gasteiger partial charge >= 0.3 is 0 Å². The number of nitrogen functional groups attached to an aromatic ring is 2. The number of hydrogen-bond donors (Lipinski definition) is 2. The summed E-state index contributed by atoms with van der Waals surface area (Å²) in [5, 5.41) is 0. The van der Waals surface area contributed by atoms with E-state index in [2.05, 4.69) is 43.0 Å². The Morgan fingerprint density at radius 1 is 0.737 bits per heavy atom. The van der Waals surface area contributed by atoms with Gasteiger partial charge < -0.3 is 16.4 Å². The third-order valence-corrected chi connectivity index (χ3v) is 2.88. The van der Waals surface area contributed by atoms with Crippen LogP contribution in [0.4, 0.5) is 17.1 Å². The molecule has 0 aliphatic rings. The summed E-state index contributed by atoms with van der Waals surface area (Å²) in [6, 6.07) is 17.7. The number of nitrogens with two attached hydrogens (primary N) is 2. The van der Waals surface area contributed by atoms with Crippen molar-refractivity contribution in [2.75, 3.05) is 29.5 Å². The zero-order valence-electron chi connectivity index (χ0n) is 11.7. The minimum absolute atomic E-state index is 0.646. The van der Waals surface area contributed by atoms with Crippen LogP contribution in [0.1, 0.15) is 13.8 Å². The third-order valence-electron chi connectivity index (χ3n) is 2.88. The first-order valence-electron chi connectivity index (χ1n) is 6.59. The molecule has 2 rings (SSSR count). The molecular weight excluding hydrogens is 234 g/mol. The largest absolute Gasteiger partial charge is 0.397 e. The van der Waals surface area contributed by atoms with Crippen LogP contribution in [0.25, 0.3) is 0 Å². The fraction of sp³-hybridized carbons (Fsp3) is 0.250. The molecule has 0 saturated carbocycles. The molecule has 0 bridgehead atoms. The van der Waals surface area contributed by atoms with E-state index in [1.165, 1.54) is 5.69 Å². The number of rotatable bonds is 3. The highest BCUT2D eigenvalue weighted by Gasteiger charge is 1.97. The Hall–Kier alpha value is -2.16. The predicted molar refractivity (Wildman–Crippen MR) is 85.3 cm³/mol. The first-order valence-corrected chi connectivity index (χ1v) is 6.59. The average Bonchev–Trinajstić information content (AvgIpc) is 2.45. The van der Waals surface area contributed by atoms with Gasteiger partial charge in [0.15, 0.2) is 0 Å². The van der Waals surface area contributed by atoms with E-state index in [0.29, 0.717) is 11.4 Å². The van der Waals surface area contributed by atoms with E-state index in [-0.39, 0.29) is 0 Å². The molecule has 4 N–H and O–H groups in total. The Bertz CT molecular complexity index is 443. The molecule has 3 heteroatoms. The molecule has 2 aromatic rings. The molecule has 0 atom stereocenters. The summed E-state index contributed by atoms with van der Waals surface area (Å²) < 4.78 is 0. The number of benzene rings is 2. The van der Waals surface area contributed by atoms with Crippen molar-refractivity contribution >= 4 is 17.1 Å². The lowest BCUT2D eigenvalue weighted by molar-refractivity contribution is 0.866. The molecule has 0 radical (unpaired) electrons. The Morgan fingerprint density at radius 3 is 1.53 bits per heavy atom. The molecule has 0 fully saturated rings. The van der Waals surface area contributed by atoms with Crippen LogP contribution >= 0.6 is 0 Å². The van der Waals surface area contributed by atoms with E-state index in [0.717, 1.165) is 13.1 Å². The van der Waals surface area contributed by atoms with Crippen molar-refractivity contribution in [3.63, 3.8) is 0 Å². The monoisotopic (exact) mass is 257 g/mol. The first-order chi connectivity index (χ1) is 9.19. The van der Waals surface area contributed by atoms with E-state index >= 15 is 0 Å². The summed E-state index contributed by atoms with van der Waals surface area (Å²) in [4.78, 5) is 2.33. The summed E-state index contributed by atoms with van der Waals surface area (Å²) in [5.74, 6) is 0. The molecule has 0 spiro atoms. The number of hydrogen-bond acceptors (Lipinski definition) is 3. The van der Waals surface area contributed by atoms with Crippen molar-refractivity contribution in [1.82, 2.24) is 0 Å². The van der Waals surface area contributed by atoms with Crippen molar-refractivity contribution in [3.05, 3.63) is 54.6 Å². The molecule has 3 nitrogen and oxygen atoms in total. The molecule has 19 heavy (non-hydrogen) atoms. The standard InChI is InChI=1S/C10H15N.C6H8N2/c1-3-11(4-2)10-8-6-5-7-9-10;7-5-3-1-2-4-6(5)8/h5-9H,3-4H2,1-2H3;1-4H,7-8H2. The Labute approximate surface area is 115 Å². The van der Waals surface area contributed by atoms with E-state index in [4.69, 9.17) is 11.5 Å². The zero-order valence-corrected chi connectivity index (χ0v) is 11.7. The lowest BCUT2D eigenvalue weighted by Gasteiger charge is -2.20. The molecule has 0 unspecified atom stereocenters. The Kier molecular flexibility index (Phi) is 6.30. The summed E-state index contributed by atoms with van der Waals surface area (Å²) in [5.41, 5.74) is 13.4. The zero-order chi connectivity index (χ0) is 14.1. The summed E-state index contributed by atoms with van der Waals surface area (Å²) in [7, 11) is 0. The highest BCUT2D eigenvalue weighted by atomic mass is 15.1. The molecule has 2 aromatic carbocycles. The van der Waals surface area contributed by atoms with Gasteiger partial charge in [0.05, 0.1) is 11.4 Å². The first kappa shape index (κ1) is 14.9. The topological polar surface area (TPSA) is 55.3 Å². The molecule has 102 valence electrons. The van der Waals surface area contributed by atoms with Crippen LogP contribution in [0.15, 0.2) is 54.6 Å². The maximum Gasteiger partial charge on any atom is 0.0547 e. The van der Waals surface area contributed by atoms with E-state index in [9.17, 15) is 0 Å². The van der Waals surface area contributed by atoms with Crippen molar-refractivity contribution in [2.45, 2.75) is 13.8 Å². The molecule has 0 heterocycles. The van der Waals surface area contributed by atoms with Gasteiger partial charge in [0.25, 0.3) is 0 Å². The number of para-hydroxylation sites is 3. The summed E-state index contributed by atoms with van der Waals surface area (Å²) >= 11 is 0. The van der Waals surface area contributed by atoms with Crippen molar-refractivity contribution in [1.29, 1.82) is 0 Å². The minimum Gasteiger partial charge on any atom is -0.397 e. The maximum absolute atomic E-state index is 5.39. The Balaban J connectivity index is 0.000000200. The van der Waals surface area contributed by atoms with Gasteiger partial charge in [-0.25, -0.2) is 0 Å². The Morgan fingerprint density at radius 2 is 1.16 bits per heavy atom. The maximum atomic E-state index is 5.39. The van der Waals surface area contributed by atoms with Crippen molar-refractivity contribution < 1.29 is 0 Å². The summed E-state index contributed by atoms with van der Waals surface area (Å²) in [6.45, 7) is 6.52. The fourth-order valence-electron chi connectivity index (χ4n) is 1.74. The second kappa shape index (κ2) is 8.03. The minimum atomic E-state index is 0.646. The third kappa shape index (κ3) is 4.92. The second-order valence-electron chi connectivity index (χ2n) is 4.14. The molecule has 0 aromatic heterocycles. The van der Waals surface area contributed by atoms with Crippen LogP contribution in [0.3, 0.4) is 0 Å². The SMILES string of the molecule is CCN(CC)c1ccccc1.Nc1ccccc1N. The quantitative estimate of drug-likeness (QED) is 0.829. The smallest absolute Gasteiger partial charge is 0.0547 e. The lowest BCUT2D eigenvalue weighted by atomic mass is 10.3. The van der Waals surface area contributed by atoms with Crippen LogP contribution in [0, 0.1) is 0 Å². The van der Waals surface area contributed by atoms with E-state index in [1.54, 1.807) is 12.1 Å². The molecular formula is C16H23N3. The van der Waals surface area contributed by atoms with Gasteiger partial charge in [-0.1, -0.05) is 30.3 Å². The van der Waals surface area contributed by atoms with Gasteiger partial charge in [-0.2, -0.15) is 0 Å². The number of nitrogens with zero attached hydrogens (tertiary/aromatic N) is 1.